The molecule has 0 aliphatic heterocycles. The van der Waals surface area contributed by atoms with Gasteiger partial charge in [0.15, 0.2) is 12.4 Å². The SMILES string of the molecule is Cc1ccc(/C=C/C(=O)OCC(=O)c2ccc3ccccc3c2)o1. The number of fused-ring (bicyclic) bond motifs is 1. The number of aryl methyl sites for hydroxylation is 1. The quantitative estimate of drug-likeness (QED) is 0.402. The number of carbonyl (C=O) groups is 2. The lowest BCUT2D eigenvalue weighted by Gasteiger charge is -2.04. The third kappa shape index (κ3) is 3.79. The number of rotatable bonds is 5. The van der Waals surface area contributed by atoms with Crippen LogP contribution in [-0.2, 0) is 9.53 Å². The maximum absolute atomic E-state index is 12.2. The van der Waals surface area contributed by atoms with Gasteiger partial charge in [0.05, 0.1) is 0 Å². The van der Waals surface area contributed by atoms with Crippen LogP contribution in [0.25, 0.3) is 16.8 Å². The molecule has 1 aromatic heterocycles. The first-order chi connectivity index (χ1) is 11.6. The standard InChI is InChI=1S/C20H16O4/c1-14-6-9-18(24-14)10-11-20(22)23-13-19(21)17-8-7-15-4-2-3-5-16(15)12-17/h2-12H,13H2,1H3/b11-10+. The van der Waals surface area contributed by atoms with Crippen LogP contribution in [0.4, 0.5) is 0 Å². The number of ether oxygens (including phenoxy) is 1. The molecular formula is C20H16O4. The van der Waals surface area contributed by atoms with Crippen molar-refractivity contribution in [3.63, 3.8) is 0 Å². The van der Waals surface area contributed by atoms with Crippen LogP contribution in [0.2, 0.25) is 0 Å². The Morgan fingerprint density at radius 3 is 2.58 bits per heavy atom. The Morgan fingerprint density at radius 2 is 1.83 bits per heavy atom. The van der Waals surface area contributed by atoms with Gasteiger partial charge in [0.25, 0.3) is 0 Å². The monoisotopic (exact) mass is 320 g/mol. The molecule has 24 heavy (non-hydrogen) atoms. The lowest BCUT2D eigenvalue weighted by atomic mass is 10.0. The van der Waals surface area contributed by atoms with Crippen LogP contribution in [0.15, 0.2) is 65.1 Å². The Kier molecular flexibility index (Phi) is 4.57. The lowest BCUT2D eigenvalue weighted by molar-refractivity contribution is -0.136. The molecule has 0 bridgehead atoms. The summed E-state index contributed by atoms with van der Waals surface area (Å²) in [7, 11) is 0. The van der Waals surface area contributed by atoms with Gasteiger partial charge in [0, 0.05) is 11.6 Å². The van der Waals surface area contributed by atoms with Crippen LogP contribution in [-0.4, -0.2) is 18.4 Å². The second-order valence-electron chi connectivity index (χ2n) is 5.37. The van der Waals surface area contributed by atoms with E-state index in [-0.39, 0.29) is 12.4 Å². The van der Waals surface area contributed by atoms with Crippen molar-refractivity contribution in [2.24, 2.45) is 0 Å². The largest absolute Gasteiger partial charge is 0.462 e. The molecule has 0 saturated heterocycles. The first kappa shape index (κ1) is 15.7. The van der Waals surface area contributed by atoms with Gasteiger partial charge in [-0.1, -0.05) is 36.4 Å². The van der Waals surface area contributed by atoms with E-state index in [1.807, 2.05) is 37.3 Å². The summed E-state index contributed by atoms with van der Waals surface area (Å²) in [5.74, 6) is 0.495. The molecule has 0 spiro atoms. The summed E-state index contributed by atoms with van der Waals surface area (Å²) in [4.78, 5) is 23.8. The molecule has 0 unspecified atom stereocenters. The molecule has 2 aromatic carbocycles. The molecule has 4 heteroatoms. The molecule has 0 N–H and O–H groups in total. The summed E-state index contributed by atoms with van der Waals surface area (Å²) in [5, 5.41) is 2.03. The van der Waals surface area contributed by atoms with Crippen LogP contribution in [0.5, 0.6) is 0 Å². The zero-order chi connectivity index (χ0) is 16.9. The van der Waals surface area contributed by atoms with E-state index in [2.05, 4.69) is 0 Å². The van der Waals surface area contributed by atoms with Crippen molar-refractivity contribution >= 4 is 28.6 Å². The van der Waals surface area contributed by atoms with Gasteiger partial charge in [-0.25, -0.2) is 4.79 Å². The minimum atomic E-state index is -0.585. The van der Waals surface area contributed by atoms with Crippen molar-refractivity contribution in [3.8, 4) is 0 Å². The number of ketones is 1. The predicted molar refractivity (Wildman–Crippen MR) is 91.7 cm³/mol. The smallest absolute Gasteiger partial charge is 0.331 e. The van der Waals surface area contributed by atoms with E-state index in [1.165, 1.54) is 12.2 Å². The molecule has 1 heterocycles. The van der Waals surface area contributed by atoms with E-state index in [4.69, 9.17) is 9.15 Å². The van der Waals surface area contributed by atoms with Crippen molar-refractivity contribution < 1.29 is 18.7 Å². The number of Topliss-reactive ketones (excluding diaryl/α,β-unsaturated/α-hetero) is 1. The van der Waals surface area contributed by atoms with E-state index in [0.717, 1.165) is 16.5 Å². The summed E-state index contributed by atoms with van der Waals surface area (Å²) in [6.07, 6.45) is 2.75. The van der Waals surface area contributed by atoms with Crippen molar-refractivity contribution in [1.82, 2.24) is 0 Å². The average Bonchev–Trinajstić information content (AvgIpc) is 3.02. The maximum atomic E-state index is 12.2. The second-order valence-corrected chi connectivity index (χ2v) is 5.37. The van der Waals surface area contributed by atoms with E-state index in [9.17, 15) is 9.59 Å². The molecule has 0 radical (unpaired) electrons. The molecule has 0 aliphatic rings. The molecule has 0 amide bonds. The van der Waals surface area contributed by atoms with Gasteiger partial charge in [0.2, 0.25) is 0 Å². The minimum Gasteiger partial charge on any atom is -0.462 e. The Labute approximate surface area is 139 Å². The van der Waals surface area contributed by atoms with Crippen LogP contribution in [0.1, 0.15) is 21.9 Å². The van der Waals surface area contributed by atoms with Crippen LogP contribution < -0.4 is 0 Å². The van der Waals surface area contributed by atoms with Gasteiger partial charge in [-0.05, 0) is 42.0 Å². The molecule has 3 rings (SSSR count). The molecule has 4 nitrogen and oxygen atoms in total. The zero-order valence-electron chi connectivity index (χ0n) is 13.2. The van der Waals surface area contributed by atoms with Crippen LogP contribution in [0.3, 0.4) is 0 Å². The normalized spacial score (nSPS) is 11.0. The van der Waals surface area contributed by atoms with Crippen molar-refractivity contribution in [2.75, 3.05) is 6.61 Å². The van der Waals surface area contributed by atoms with E-state index >= 15 is 0 Å². The third-order valence-electron chi connectivity index (χ3n) is 3.56. The number of esters is 1. The summed E-state index contributed by atoms with van der Waals surface area (Å²) in [6.45, 7) is 1.52. The van der Waals surface area contributed by atoms with E-state index in [0.29, 0.717) is 11.3 Å². The van der Waals surface area contributed by atoms with Gasteiger partial charge in [-0.3, -0.25) is 4.79 Å². The minimum absolute atomic E-state index is 0.239. The maximum Gasteiger partial charge on any atom is 0.331 e. The highest BCUT2D eigenvalue weighted by molar-refractivity contribution is 6.01. The number of hydrogen-bond acceptors (Lipinski definition) is 4. The summed E-state index contributed by atoms with van der Waals surface area (Å²) in [6, 6.07) is 16.7. The molecule has 0 atom stereocenters. The number of hydrogen-bond donors (Lipinski definition) is 0. The Morgan fingerprint density at radius 1 is 1.04 bits per heavy atom. The fourth-order valence-corrected chi connectivity index (χ4v) is 2.32. The molecule has 120 valence electrons. The zero-order valence-corrected chi connectivity index (χ0v) is 13.2. The van der Waals surface area contributed by atoms with Crippen molar-refractivity contribution in [1.29, 1.82) is 0 Å². The molecule has 0 saturated carbocycles. The number of furan rings is 1. The molecule has 0 aliphatic carbocycles. The number of carbonyl (C=O) groups excluding carboxylic acids is 2. The fourth-order valence-electron chi connectivity index (χ4n) is 2.32. The highest BCUT2D eigenvalue weighted by Crippen LogP contribution is 2.16. The van der Waals surface area contributed by atoms with Crippen molar-refractivity contribution in [3.05, 3.63) is 77.8 Å². The van der Waals surface area contributed by atoms with Crippen LogP contribution in [0, 0.1) is 6.92 Å². The van der Waals surface area contributed by atoms with E-state index < -0.39 is 5.97 Å². The summed E-state index contributed by atoms with van der Waals surface area (Å²) in [5.41, 5.74) is 0.520. The lowest BCUT2D eigenvalue weighted by Crippen LogP contribution is -2.12. The molecule has 0 fully saturated rings. The number of benzene rings is 2. The first-order valence-corrected chi connectivity index (χ1v) is 7.55. The molecule has 3 aromatic rings. The topological polar surface area (TPSA) is 56.5 Å². The van der Waals surface area contributed by atoms with Gasteiger partial charge in [-0.2, -0.15) is 0 Å². The van der Waals surface area contributed by atoms with Crippen LogP contribution >= 0.6 is 0 Å². The predicted octanol–water partition coefficient (Wildman–Crippen LogP) is 4.18. The highest BCUT2D eigenvalue weighted by atomic mass is 16.5. The second kappa shape index (κ2) is 6.96. The third-order valence-corrected chi connectivity index (χ3v) is 3.56. The molecular weight excluding hydrogens is 304 g/mol. The van der Waals surface area contributed by atoms with Gasteiger partial charge < -0.3 is 9.15 Å². The van der Waals surface area contributed by atoms with Gasteiger partial charge >= 0.3 is 5.97 Å². The highest BCUT2D eigenvalue weighted by Gasteiger charge is 2.09. The first-order valence-electron chi connectivity index (χ1n) is 7.55. The Hall–Kier alpha value is -3.14. The van der Waals surface area contributed by atoms with Gasteiger partial charge in [-0.15, -0.1) is 0 Å². The Balaban J connectivity index is 1.59. The van der Waals surface area contributed by atoms with E-state index in [1.54, 1.807) is 24.3 Å². The van der Waals surface area contributed by atoms with Gasteiger partial charge in [0.1, 0.15) is 11.5 Å². The summed E-state index contributed by atoms with van der Waals surface area (Å²) >= 11 is 0. The average molecular weight is 320 g/mol. The fraction of sp³-hybridized carbons (Fsp3) is 0.100. The van der Waals surface area contributed by atoms with Crippen molar-refractivity contribution in [2.45, 2.75) is 6.92 Å². The Bertz CT molecular complexity index is 918. The summed E-state index contributed by atoms with van der Waals surface area (Å²) < 4.78 is 10.3.